The van der Waals surface area contributed by atoms with Gasteiger partial charge in [0, 0.05) is 50.3 Å². The van der Waals surface area contributed by atoms with Crippen molar-refractivity contribution in [1.29, 1.82) is 0 Å². The SMILES string of the molecule is CCOc1ccc(CCNC(=O)CC2(C(=O)Nc3ccc(Cl)c(Cl)c3)CNCCN2c2cc(C(C)C)nc(-n3ccnc3)n2)cc1. The van der Waals surface area contributed by atoms with Crippen molar-refractivity contribution >= 4 is 46.5 Å². The van der Waals surface area contributed by atoms with Crippen molar-refractivity contribution in [3.05, 3.63) is 88.6 Å². The van der Waals surface area contributed by atoms with Gasteiger partial charge in [0.2, 0.25) is 11.9 Å². The zero-order chi connectivity index (χ0) is 32.7. The normalized spacial score (nSPS) is 16.3. The lowest BCUT2D eigenvalue weighted by Gasteiger charge is -2.46. The van der Waals surface area contributed by atoms with Crippen LogP contribution in [0.15, 0.2) is 67.3 Å². The van der Waals surface area contributed by atoms with Crippen molar-refractivity contribution in [3.63, 3.8) is 0 Å². The van der Waals surface area contributed by atoms with Gasteiger partial charge in [-0.05, 0) is 55.2 Å². The Kier molecular flexibility index (Phi) is 10.8. The Morgan fingerprint density at radius 3 is 2.59 bits per heavy atom. The van der Waals surface area contributed by atoms with Crippen LogP contribution < -0.4 is 25.6 Å². The van der Waals surface area contributed by atoms with Gasteiger partial charge >= 0.3 is 0 Å². The maximum absolute atomic E-state index is 14.4. The highest BCUT2D eigenvalue weighted by molar-refractivity contribution is 6.42. The van der Waals surface area contributed by atoms with E-state index in [1.165, 1.54) is 0 Å². The fourth-order valence-corrected chi connectivity index (χ4v) is 5.65. The average Bonchev–Trinajstić information content (AvgIpc) is 3.59. The van der Waals surface area contributed by atoms with Crippen molar-refractivity contribution < 1.29 is 14.3 Å². The molecule has 0 saturated carbocycles. The van der Waals surface area contributed by atoms with Crippen molar-refractivity contribution in [2.75, 3.05) is 43.0 Å². The van der Waals surface area contributed by atoms with Gasteiger partial charge in [-0.1, -0.05) is 49.2 Å². The third-order valence-electron chi connectivity index (χ3n) is 7.79. The van der Waals surface area contributed by atoms with Crippen molar-refractivity contribution in [2.24, 2.45) is 0 Å². The van der Waals surface area contributed by atoms with E-state index < -0.39 is 5.54 Å². The summed E-state index contributed by atoms with van der Waals surface area (Å²) in [5, 5.41) is 10.0. The van der Waals surface area contributed by atoms with Crippen LogP contribution in [0, 0.1) is 0 Å². The molecule has 5 rings (SSSR count). The molecule has 1 fully saturated rings. The number of carbonyl (C=O) groups is 2. The van der Waals surface area contributed by atoms with Gasteiger partial charge in [0.15, 0.2) is 0 Å². The number of amides is 2. The molecule has 2 aromatic carbocycles. The van der Waals surface area contributed by atoms with E-state index in [0.717, 1.165) is 17.0 Å². The Labute approximate surface area is 278 Å². The van der Waals surface area contributed by atoms with Crippen molar-refractivity contribution in [3.8, 4) is 11.7 Å². The van der Waals surface area contributed by atoms with E-state index in [2.05, 4.69) is 20.9 Å². The fourth-order valence-electron chi connectivity index (χ4n) is 5.35. The Morgan fingerprint density at radius 2 is 1.89 bits per heavy atom. The van der Waals surface area contributed by atoms with Gasteiger partial charge in [-0.3, -0.25) is 14.2 Å². The number of benzene rings is 2. The van der Waals surface area contributed by atoms with Crippen LogP contribution in [0.4, 0.5) is 11.5 Å². The Morgan fingerprint density at radius 1 is 1.09 bits per heavy atom. The van der Waals surface area contributed by atoms with Crippen LogP contribution in [0.5, 0.6) is 5.75 Å². The van der Waals surface area contributed by atoms with Crippen LogP contribution in [0.25, 0.3) is 5.95 Å². The number of imidazole rings is 1. The van der Waals surface area contributed by atoms with E-state index >= 15 is 0 Å². The van der Waals surface area contributed by atoms with E-state index in [9.17, 15) is 9.59 Å². The first-order valence-corrected chi connectivity index (χ1v) is 16.0. The summed E-state index contributed by atoms with van der Waals surface area (Å²) in [6.07, 6.45) is 5.55. The number of anilines is 2. The summed E-state index contributed by atoms with van der Waals surface area (Å²) in [6.45, 7) is 8.24. The summed E-state index contributed by atoms with van der Waals surface area (Å²) >= 11 is 12.4. The predicted octanol–water partition coefficient (Wildman–Crippen LogP) is 5.03. The highest BCUT2D eigenvalue weighted by Crippen LogP contribution is 2.32. The molecule has 1 saturated heterocycles. The molecule has 0 spiro atoms. The first-order chi connectivity index (χ1) is 22.2. The number of hydrogen-bond donors (Lipinski definition) is 3. The zero-order valence-corrected chi connectivity index (χ0v) is 27.6. The standard InChI is InChI=1S/C33H38Cl2N8O3/c1-4-46-25-8-5-23(6-9-25)11-12-38-30(44)19-33(31(45)39-24-7-10-26(34)27(35)17-24)20-36-14-16-43(33)29-18-28(22(2)3)40-32(41-29)42-15-13-37-21-42/h5-10,13,15,17-18,21-22,36H,4,11-12,14,16,19-20H2,1-3H3,(H,38,44)(H,39,45). The molecular weight excluding hydrogens is 627 g/mol. The molecule has 1 aliphatic heterocycles. The fraction of sp³-hybridized carbons (Fsp3) is 0.364. The summed E-state index contributed by atoms with van der Waals surface area (Å²) in [4.78, 5) is 43.7. The zero-order valence-electron chi connectivity index (χ0n) is 26.1. The lowest BCUT2D eigenvalue weighted by molar-refractivity contribution is -0.129. The molecule has 3 heterocycles. The van der Waals surface area contributed by atoms with Crippen molar-refractivity contribution in [2.45, 2.75) is 45.1 Å². The molecule has 2 amide bonds. The van der Waals surface area contributed by atoms with E-state index in [0.29, 0.717) is 60.2 Å². The maximum atomic E-state index is 14.4. The predicted molar refractivity (Wildman–Crippen MR) is 180 cm³/mol. The summed E-state index contributed by atoms with van der Waals surface area (Å²) in [6, 6.07) is 14.6. The number of nitrogens with zero attached hydrogens (tertiary/aromatic N) is 5. The minimum atomic E-state index is -1.34. The second kappa shape index (κ2) is 14.9. The van der Waals surface area contributed by atoms with Gasteiger partial charge in [-0.2, -0.15) is 4.98 Å². The first kappa shape index (κ1) is 33.2. The lowest BCUT2D eigenvalue weighted by atomic mass is 9.88. The molecule has 11 nitrogen and oxygen atoms in total. The van der Waals surface area contributed by atoms with Crippen LogP contribution in [0.2, 0.25) is 10.0 Å². The third-order valence-corrected chi connectivity index (χ3v) is 8.53. The Bertz CT molecular complexity index is 1650. The third kappa shape index (κ3) is 7.78. The average molecular weight is 666 g/mol. The molecule has 0 bridgehead atoms. The molecular formula is C33H38Cl2N8O3. The second-order valence-electron chi connectivity index (χ2n) is 11.4. The summed E-state index contributed by atoms with van der Waals surface area (Å²) in [5.74, 6) is 1.20. The molecule has 242 valence electrons. The number of rotatable bonds is 12. The van der Waals surface area contributed by atoms with Crippen LogP contribution in [-0.4, -0.2) is 69.7 Å². The monoisotopic (exact) mass is 664 g/mol. The molecule has 0 aliphatic carbocycles. The van der Waals surface area contributed by atoms with E-state index in [-0.39, 0.29) is 30.7 Å². The minimum absolute atomic E-state index is 0.0808. The summed E-state index contributed by atoms with van der Waals surface area (Å²) in [5.41, 5.74) is 0.976. The Hall–Kier alpha value is -4.19. The minimum Gasteiger partial charge on any atom is -0.494 e. The van der Waals surface area contributed by atoms with Crippen LogP contribution in [0.1, 0.15) is 44.4 Å². The first-order valence-electron chi connectivity index (χ1n) is 15.3. The second-order valence-corrected chi connectivity index (χ2v) is 12.2. The van der Waals surface area contributed by atoms with Gasteiger partial charge < -0.3 is 25.6 Å². The van der Waals surface area contributed by atoms with Crippen molar-refractivity contribution in [1.82, 2.24) is 30.2 Å². The molecule has 3 N–H and O–H groups in total. The molecule has 1 unspecified atom stereocenters. The van der Waals surface area contributed by atoms with Gasteiger partial charge in [0.1, 0.15) is 23.4 Å². The molecule has 1 atom stereocenters. The summed E-state index contributed by atoms with van der Waals surface area (Å²) < 4.78 is 7.25. The highest BCUT2D eigenvalue weighted by Gasteiger charge is 2.48. The van der Waals surface area contributed by atoms with Crippen LogP contribution in [-0.2, 0) is 16.0 Å². The lowest BCUT2D eigenvalue weighted by Crippen LogP contribution is -2.68. The number of carbonyl (C=O) groups excluding carboxylic acids is 2. The molecule has 4 aromatic rings. The summed E-state index contributed by atoms with van der Waals surface area (Å²) in [7, 11) is 0. The van der Waals surface area contributed by atoms with E-state index in [1.807, 2.05) is 56.0 Å². The highest BCUT2D eigenvalue weighted by atomic mass is 35.5. The molecule has 46 heavy (non-hydrogen) atoms. The number of ether oxygens (including phenoxy) is 1. The number of aromatic nitrogens is 4. The van der Waals surface area contributed by atoms with Gasteiger partial charge in [0.25, 0.3) is 5.91 Å². The Balaban J connectivity index is 1.45. The van der Waals surface area contributed by atoms with E-state index in [1.54, 1.807) is 41.5 Å². The van der Waals surface area contributed by atoms with Gasteiger partial charge in [-0.25, -0.2) is 9.97 Å². The maximum Gasteiger partial charge on any atom is 0.252 e. The molecule has 1 aliphatic rings. The van der Waals surface area contributed by atoms with E-state index in [4.69, 9.17) is 37.9 Å². The van der Waals surface area contributed by atoms with Crippen LogP contribution in [0.3, 0.4) is 0 Å². The smallest absolute Gasteiger partial charge is 0.252 e. The number of nitrogens with one attached hydrogen (secondary N) is 3. The number of piperazine rings is 1. The topological polar surface area (TPSA) is 126 Å². The molecule has 2 aromatic heterocycles. The molecule has 0 radical (unpaired) electrons. The molecule has 13 heteroatoms. The van der Waals surface area contributed by atoms with Gasteiger partial charge in [-0.15, -0.1) is 0 Å². The van der Waals surface area contributed by atoms with Gasteiger partial charge in [0.05, 0.1) is 28.8 Å². The quantitative estimate of drug-likeness (QED) is 0.193. The number of hydrogen-bond acceptors (Lipinski definition) is 8. The largest absolute Gasteiger partial charge is 0.494 e. The number of halogens is 2. The van der Waals surface area contributed by atoms with Crippen LogP contribution >= 0.6 is 23.2 Å².